The molecule has 88 valence electrons. The van der Waals surface area contributed by atoms with Gasteiger partial charge in [0.15, 0.2) is 0 Å². The Balaban J connectivity index is 1.85. The Morgan fingerprint density at radius 1 is 1.11 bits per heavy atom. The fourth-order valence-electron chi connectivity index (χ4n) is 2.36. The van der Waals surface area contributed by atoms with Gasteiger partial charge in [-0.15, -0.1) is 0 Å². The number of rotatable bonds is 1. The van der Waals surface area contributed by atoms with Gasteiger partial charge in [-0.2, -0.15) is 5.26 Å². The molecule has 2 aromatic rings. The smallest absolute Gasteiger partial charge is 0.140 e. The molecule has 1 aromatic heterocycles. The van der Waals surface area contributed by atoms with Crippen LogP contribution in [0.5, 0.6) is 0 Å². The lowest BCUT2D eigenvalue weighted by atomic mass is 10.00. The van der Waals surface area contributed by atoms with Crippen molar-refractivity contribution in [2.24, 2.45) is 0 Å². The van der Waals surface area contributed by atoms with Crippen LogP contribution in [0.3, 0.4) is 0 Å². The molecule has 0 N–H and O–H groups in total. The quantitative estimate of drug-likeness (QED) is 0.762. The van der Waals surface area contributed by atoms with Crippen LogP contribution in [0.4, 0.5) is 5.69 Å². The van der Waals surface area contributed by atoms with Crippen LogP contribution < -0.4 is 4.90 Å². The summed E-state index contributed by atoms with van der Waals surface area (Å²) in [6.07, 6.45) is 2.85. The molecule has 0 radical (unpaired) electrons. The molecule has 0 unspecified atom stereocenters. The molecule has 1 aliphatic rings. The number of nitriles is 1. The monoisotopic (exact) mass is 235 g/mol. The van der Waals surface area contributed by atoms with E-state index in [2.05, 4.69) is 34.1 Å². The molecule has 1 aliphatic heterocycles. The van der Waals surface area contributed by atoms with Gasteiger partial charge in [-0.25, -0.2) is 4.98 Å². The maximum atomic E-state index is 8.74. The Hall–Kier alpha value is -2.34. The van der Waals surface area contributed by atoms with Crippen molar-refractivity contribution in [1.82, 2.24) is 4.98 Å². The van der Waals surface area contributed by atoms with Gasteiger partial charge in [-0.3, -0.25) is 0 Å². The van der Waals surface area contributed by atoms with Crippen molar-refractivity contribution in [2.45, 2.75) is 13.0 Å². The predicted octanol–water partition coefficient (Wildman–Crippen LogP) is 2.52. The average molecular weight is 235 g/mol. The van der Waals surface area contributed by atoms with Crippen molar-refractivity contribution in [3.63, 3.8) is 0 Å². The van der Waals surface area contributed by atoms with E-state index in [1.807, 2.05) is 12.1 Å². The van der Waals surface area contributed by atoms with Crippen LogP contribution in [0.25, 0.3) is 0 Å². The molecule has 1 aromatic carbocycles. The molecule has 0 saturated carbocycles. The molecule has 0 saturated heterocycles. The summed E-state index contributed by atoms with van der Waals surface area (Å²) in [7, 11) is 0. The highest BCUT2D eigenvalue weighted by Gasteiger charge is 2.15. The van der Waals surface area contributed by atoms with E-state index < -0.39 is 0 Å². The van der Waals surface area contributed by atoms with E-state index >= 15 is 0 Å². The van der Waals surface area contributed by atoms with Gasteiger partial charge in [0.2, 0.25) is 0 Å². The van der Waals surface area contributed by atoms with E-state index in [1.165, 1.54) is 11.1 Å². The summed E-state index contributed by atoms with van der Waals surface area (Å²) in [5, 5.41) is 8.74. The number of benzene rings is 1. The number of aromatic nitrogens is 1. The van der Waals surface area contributed by atoms with E-state index in [0.29, 0.717) is 5.69 Å². The zero-order valence-corrected chi connectivity index (χ0v) is 10.0. The Labute approximate surface area is 106 Å². The molecular formula is C15H13N3. The maximum Gasteiger partial charge on any atom is 0.140 e. The van der Waals surface area contributed by atoms with Crippen molar-refractivity contribution in [3.05, 3.63) is 59.4 Å². The summed E-state index contributed by atoms with van der Waals surface area (Å²) < 4.78 is 0. The van der Waals surface area contributed by atoms with Crippen LogP contribution in [0.1, 0.15) is 16.8 Å². The Bertz CT molecular complexity index is 596. The second-order valence-corrected chi connectivity index (χ2v) is 4.45. The molecule has 0 bridgehead atoms. The van der Waals surface area contributed by atoms with Gasteiger partial charge in [0.25, 0.3) is 0 Å². The summed E-state index contributed by atoms with van der Waals surface area (Å²) in [5.74, 6) is 0. The Morgan fingerprint density at radius 2 is 1.94 bits per heavy atom. The number of hydrogen-bond acceptors (Lipinski definition) is 3. The molecule has 18 heavy (non-hydrogen) atoms. The normalized spacial score (nSPS) is 13.8. The van der Waals surface area contributed by atoms with E-state index in [0.717, 1.165) is 25.2 Å². The second-order valence-electron chi connectivity index (χ2n) is 4.45. The van der Waals surface area contributed by atoms with Gasteiger partial charge >= 0.3 is 0 Å². The summed E-state index contributed by atoms with van der Waals surface area (Å²) >= 11 is 0. The average Bonchev–Trinajstić information content (AvgIpc) is 2.47. The maximum absolute atomic E-state index is 8.74. The highest BCUT2D eigenvalue weighted by Crippen LogP contribution is 2.23. The van der Waals surface area contributed by atoms with E-state index in [-0.39, 0.29) is 0 Å². The first-order chi connectivity index (χ1) is 8.86. The summed E-state index contributed by atoms with van der Waals surface area (Å²) in [4.78, 5) is 6.43. The van der Waals surface area contributed by atoms with Crippen molar-refractivity contribution >= 4 is 5.69 Å². The highest BCUT2D eigenvalue weighted by atomic mass is 15.1. The molecule has 0 atom stereocenters. The molecule has 0 aliphatic carbocycles. The number of anilines is 1. The minimum Gasteiger partial charge on any atom is -0.366 e. The van der Waals surface area contributed by atoms with Gasteiger partial charge in [0, 0.05) is 13.1 Å². The first kappa shape index (κ1) is 10.8. The van der Waals surface area contributed by atoms with Crippen LogP contribution in [-0.2, 0) is 13.0 Å². The molecule has 0 amide bonds. The van der Waals surface area contributed by atoms with Gasteiger partial charge < -0.3 is 4.90 Å². The molecular weight excluding hydrogens is 222 g/mol. The van der Waals surface area contributed by atoms with Crippen molar-refractivity contribution in [3.8, 4) is 6.07 Å². The lowest BCUT2D eigenvalue weighted by Gasteiger charge is -2.30. The summed E-state index contributed by atoms with van der Waals surface area (Å²) in [6, 6.07) is 14.3. The highest BCUT2D eigenvalue weighted by molar-refractivity contribution is 5.49. The number of hydrogen-bond donors (Lipinski definition) is 0. The molecule has 0 fully saturated rings. The summed E-state index contributed by atoms with van der Waals surface area (Å²) in [5.41, 5.74) is 4.38. The van der Waals surface area contributed by atoms with Crippen molar-refractivity contribution < 1.29 is 0 Å². The third-order valence-electron chi connectivity index (χ3n) is 3.36. The number of pyridine rings is 1. The molecule has 3 heteroatoms. The van der Waals surface area contributed by atoms with Gasteiger partial charge in [0.1, 0.15) is 11.8 Å². The van der Waals surface area contributed by atoms with Crippen molar-refractivity contribution in [2.75, 3.05) is 11.4 Å². The lowest BCUT2D eigenvalue weighted by Crippen LogP contribution is -2.30. The first-order valence-corrected chi connectivity index (χ1v) is 6.05. The number of fused-ring (bicyclic) bond motifs is 1. The van der Waals surface area contributed by atoms with Crippen molar-refractivity contribution in [1.29, 1.82) is 5.26 Å². The second kappa shape index (κ2) is 4.50. The minimum absolute atomic E-state index is 0.469. The largest absolute Gasteiger partial charge is 0.366 e. The van der Waals surface area contributed by atoms with E-state index in [9.17, 15) is 0 Å². The van der Waals surface area contributed by atoms with E-state index in [1.54, 1.807) is 12.3 Å². The summed E-state index contributed by atoms with van der Waals surface area (Å²) in [6.45, 7) is 1.92. The Morgan fingerprint density at radius 3 is 2.67 bits per heavy atom. The van der Waals surface area contributed by atoms with Gasteiger partial charge in [-0.05, 0) is 29.7 Å². The molecule has 2 heterocycles. The third kappa shape index (κ3) is 1.93. The Kier molecular flexibility index (Phi) is 2.70. The topological polar surface area (TPSA) is 39.9 Å². The molecule has 3 nitrogen and oxygen atoms in total. The van der Waals surface area contributed by atoms with Gasteiger partial charge in [0.05, 0.1) is 11.9 Å². The minimum atomic E-state index is 0.469. The first-order valence-electron chi connectivity index (χ1n) is 6.05. The van der Waals surface area contributed by atoms with Crippen LogP contribution >= 0.6 is 0 Å². The van der Waals surface area contributed by atoms with Gasteiger partial charge in [-0.1, -0.05) is 24.3 Å². The van der Waals surface area contributed by atoms with E-state index in [4.69, 9.17) is 5.26 Å². The van der Waals surface area contributed by atoms with Crippen LogP contribution in [0, 0.1) is 11.3 Å². The predicted molar refractivity (Wildman–Crippen MR) is 70.1 cm³/mol. The SMILES string of the molecule is N#Cc1ccc(N2CCc3ccccc3C2)cn1. The fraction of sp³-hybridized carbons (Fsp3) is 0.200. The van der Waals surface area contributed by atoms with Crippen LogP contribution in [0.15, 0.2) is 42.6 Å². The zero-order valence-electron chi connectivity index (χ0n) is 10.0. The standard InChI is InChI=1S/C15H13N3/c16-9-14-5-6-15(10-17-14)18-8-7-12-3-1-2-4-13(12)11-18/h1-6,10H,7-8,11H2. The van der Waals surface area contributed by atoms with Crippen LogP contribution in [0.2, 0.25) is 0 Å². The molecule has 0 spiro atoms. The third-order valence-corrected chi connectivity index (χ3v) is 3.36. The van der Waals surface area contributed by atoms with Crippen LogP contribution in [-0.4, -0.2) is 11.5 Å². The number of nitrogens with zero attached hydrogens (tertiary/aromatic N) is 3. The molecule has 3 rings (SSSR count). The zero-order chi connectivity index (χ0) is 12.4. The fourth-order valence-corrected chi connectivity index (χ4v) is 2.36. The lowest BCUT2D eigenvalue weighted by molar-refractivity contribution is 0.730.